The molecule has 8 nitrogen and oxygen atoms in total. The maximum atomic E-state index is 14.8. The Labute approximate surface area is 274 Å². The number of aromatic hydroxyl groups is 1. The molecule has 0 bridgehead atoms. The van der Waals surface area contributed by atoms with E-state index in [4.69, 9.17) is 10.5 Å². The van der Waals surface area contributed by atoms with E-state index in [1.54, 1.807) is 29.2 Å². The standard InChI is InChI=1S/C35H43N3O5S2/c36-33(40)31(24-27-12-4-1-5-13-27)37-20-9-11-23-45-44-22-10-3-8-21-38(35(42)43-26-29-14-6-2-7-15-29)32(34(37)41)25-28-16-18-30(39)19-17-28/h1-2,4-7,12-19,31-32,39H,3,8-11,20-26H2,(H2,36,40)/t31-,32+/m0/s1. The van der Waals surface area contributed by atoms with E-state index in [1.165, 1.54) is 4.90 Å². The first kappa shape index (κ1) is 34.2. The summed E-state index contributed by atoms with van der Waals surface area (Å²) in [7, 11) is 3.69. The van der Waals surface area contributed by atoms with Crippen LogP contribution < -0.4 is 5.73 Å². The third-order valence-electron chi connectivity index (χ3n) is 7.81. The Hall–Kier alpha value is -3.63. The number of carbonyl (C=O) groups is 3. The minimum atomic E-state index is -0.940. The van der Waals surface area contributed by atoms with Crippen molar-refractivity contribution in [3.63, 3.8) is 0 Å². The van der Waals surface area contributed by atoms with Gasteiger partial charge in [-0.1, -0.05) is 101 Å². The van der Waals surface area contributed by atoms with E-state index in [-0.39, 0.29) is 31.1 Å². The van der Waals surface area contributed by atoms with Crippen LogP contribution in [0.15, 0.2) is 84.9 Å². The van der Waals surface area contributed by atoms with Crippen molar-refractivity contribution in [2.24, 2.45) is 5.73 Å². The summed E-state index contributed by atoms with van der Waals surface area (Å²) >= 11 is 0. The van der Waals surface area contributed by atoms with Gasteiger partial charge in [-0.15, -0.1) is 0 Å². The van der Waals surface area contributed by atoms with Crippen LogP contribution in [0.1, 0.15) is 48.8 Å². The Morgan fingerprint density at radius 2 is 1.40 bits per heavy atom. The fourth-order valence-corrected chi connectivity index (χ4v) is 7.65. The maximum Gasteiger partial charge on any atom is 0.410 e. The highest BCUT2D eigenvalue weighted by Crippen LogP contribution is 2.26. The molecule has 0 aliphatic carbocycles. The molecule has 0 saturated carbocycles. The average Bonchev–Trinajstić information content (AvgIpc) is 3.06. The quantitative estimate of drug-likeness (QED) is 0.279. The Bertz CT molecular complexity index is 1340. The third kappa shape index (κ3) is 11.0. The van der Waals surface area contributed by atoms with E-state index >= 15 is 0 Å². The molecular formula is C35H43N3O5S2. The lowest BCUT2D eigenvalue weighted by Gasteiger charge is -2.37. The van der Waals surface area contributed by atoms with Gasteiger partial charge in [-0.2, -0.15) is 0 Å². The average molecular weight is 650 g/mol. The molecule has 1 aliphatic rings. The van der Waals surface area contributed by atoms with Crippen LogP contribution in [0.2, 0.25) is 0 Å². The van der Waals surface area contributed by atoms with Crippen molar-refractivity contribution in [3.8, 4) is 5.75 Å². The van der Waals surface area contributed by atoms with E-state index in [0.717, 1.165) is 47.5 Å². The second-order valence-corrected chi connectivity index (χ2v) is 13.9. The Morgan fingerprint density at radius 1 is 0.800 bits per heavy atom. The molecule has 3 amide bonds. The molecule has 10 heteroatoms. The minimum Gasteiger partial charge on any atom is -0.508 e. The van der Waals surface area contributed by atoms with Gasteiger partial charge in [-0.25, -0.2) is 4.79 Å². The normalized spacial score (nSPS) is 18.0. The van der Waals surface area contributed by atoms with Gasteiger partial charge in [0, 0.05) is 37.4 Å². The van der Waals surface area contributed by atoms with Gasteiger partial charge >= 0.3 is 6.09 Å². The monoisotopic (exact) mass is 649 g/mol. The number of hydrogen-bond donors (Lipinski definition) is 2. The van der Waals surface area contributed by atoms with Crippen molar-refractivity contribution in [1.29, 1.82) is 0 Å². The molecule has 3 N–H and O–H groups in total. The Morgan fingerprint density at radius 3 is 2.04 bits per heavy atom. The predicted molar refractivity (Wildman–Crippen MR) is 182 cm³/mol. The fourth-order valence-electron chi connectivity index (χ4n) is 5.36. The zero-order chi connectivity index (χ0) is 31.9. The zero-order valence-corrected chi connectivity index (χ0v) is 27.2. The number of hydrogen-bond acceptors (Lipinski definition) is 7. The van der Waals surface area contributed by atoms with Crippen LogP contribution >= 0.6 is 21.6 Å². The summed E-state index contributed by atoms with van der Waals surface area (Å²) in [5, 5.41) is 9.92. The second-order valence-electron chi connectivity index (χ2n) is 11.2. The first-order valence-electron chi connectivity index (χ1n) is 15.6. The molecule has 1 saturated heterocycles. The van der Waals surface area contributed by atoms with Crippen molar-refractivity contribution in [2.75, 3.05) is 24.6 Å². The van der Waals surface area contributed by atoms with E-state index in [0.29, 0.717) is 25.9 Å². The number of phenols is 1. The molecule has 1 fully saturated rings. The van der Waals surface area contributed by atoms with Crippen molar-refractivity contribution < 1.29 is 24.2 Å². The van der Waals surface area contributed by atoms with Gasteiger partial charge in [-0.05, 0) is 54.5 Å². The number of benzene rings is 3. The number of amides is 3. The summed E-state index contributed by atoms with van der Waals surface area (Å²) in [5.74, 6) is 1.15. The lowest BCUT2D eigenvalue weighted by molar-refractivity contribution is -0.143. The van der Waals surface area contributed by atoms with Crippen molar-refractivity contribution >= 4 is 39.5 Å². The summed E-state index contributed by atoms with van der Waals surface area (Å²) < 4.78 is 5.81. The predicted octanol–water partition coefficient (Wildman–Crippen LogP) is 6.21. The van der Waals surface area contributed by atoms with Crippen LogP contribution in [0.5, 0.6) is 5.75 Å². The third-order valence-corrected chi connectivity index (χ3v) is 10.4. The molecule has 1 aliphatic heterocycles. The van der Waals surface area contributed by atoms with Crippen LogP contribution in [0.4, 0.5) is 4.79 Å². The van der Waals surface area contributed by atoms with E-state index in [2.05, 4.69) is 0 Å². The lowest BCUT2D eigenvalue weighted by atomic mass is 9.99. The van der Waals surface area contributed by atoms with Crippen LogP contribution in [0.25, 0.3) is 0 Å². The molecule has 3 aromatic carbocycles. The van der Waals surface area contributed by atoms with Crippen LogP contribution in [0.3, 0.4) is 0 Å². The first-order valence-corrected chi connectivity index (χ1v) is 18.0. The molecule has 1 heterocycles. The highest BCUT2D eigenvalue weighted by Gasteiger charge is 2.38. The molecule has 2 atom stereocenters. The van der Waals surface area contributed by atoms with Crippen molar-refractivity contribution in [2.45, 2.75) is 63.6 Å². The first-order chi connectivity index (χ1) is 21.9. The molecule has 240 valence electrons. The van der Waals surface area contributed by atoms with Gasteiger partial charge in [0.05, 0.1) is 0 Å². The summed E-state index contributed by atoms with van der Waals surface area (Å²) in [6, 6.07) is 23.8. The van der Waals surface area contributed by atoms with Gasteiger partial charge in [-0.3, -0.25) is 14.5 Å². The minimum absolute atomic E-state index is 0.0752. The fraction of sp³-hybridized carbons (Fsp3) is 0.400. The molecule has 0 unspecified atom stereocenters. The number of carbonyl (C=O) groups excluding carboxylic acids is 3. The number of ether oxygens (including phenoxy) is 1. The summed E-state index contributed by atoms with van der Waals surface area (Å²) in [5.41, 5.74) is 8.52. The van der Waals surface area contributed by atoms with Crippen LogP contribution in [-0.4, -0.2) is 69.5 Å². The summed E-state index contributed by atoms with van der Waals surface area (Å²) in [6.07, 6.45) is 4.07. The number of nitrogens with zero attached hydrogens (tertiary/aromatic N) is 2. The summed E-state index contributed by atoms with van der Waals surface area (Å²) in [4.78, 5) is 44.8. The zero-order valence-electron chi connectivity index (χ0n) is 25.6. The molecule has 0 spiro atoms. The molecule has 3 aromatic rings. The Kier molecular flexibility index (Phi) is 14.0. The smallest absolute Gasteiger partial charge is 0.410 e. The largest absolute Gasteiger partial charge is 0.508 e. The van der Waals surface area contributed by atoms with Gasteiger partial charge in [0.1, 0.15) is 24.4 Å². The van der Waals surface area contributed by atoms with E-state index in [1.807, 2.05) is 82.3 Å². The molecule has 0 radical (unpaired) electrons. The van der Waals surface area contributed by atoms with Crippen LogP contribution in [-0.2, 0) is 33.8 Å². The molecule has 0 aromatic heterocycles. The van der Waals surface area contributed by atoms with Gasteiger partial charge < -0.3 is 20.5 Å². The maximum absolute atomic E-state index is 14.8. The molecule has 45 heavy (non-hydrogen) atoms. The number of primary amides is 1. The van der Waals surface area contributed by atoms with E-state index in [9.17, 15) is 19.5 Å². The highest BCUT2D eigenvalue weighted by molar-refractivity contribution is 8.76. The Balaban J connectivity index is 1.71. The summed E-state index contributed by atoms with van der Waals surface area (Å²) in [6.45, 7) is 0.739. The van der Waals surface area contributed by atoms with Crippen LogP contribution in [0, 0.1) is 0 Å². The van der Waals surface area contributed by atoms with Crippen molar-refractivity contribution in [3.05, 3.63) is 102 Å². The van der Waals surface area contributed by atoms with Gasteiger partial charge in [0.25, 0.3) is 0 Å². The lowest BCUT2D eigenvalue weighted by Crippen LogP contribution is -2.58. The topological polar surface area (TPSA) is 113 Å². The number of rotatable bonds is 8. The SMILES string of the molecule is NC(=O)[C@H](Cc1ccccc1)N1CCCCSSCCCCCN(C(=O)OCc2ccccc2)[C@H](Cc2ccc(O)cc2)C1=O. The second kappa shape index (κ2) is 18.4. The van der Waals surface area contributed by atoms with Gasteiger partial charge in [0.2, 0.25) is 11.8 Å². The van der Waals surface area contributed by atoms with Gasteiger partial charge in [0.15, 0.2) is 0 Å². The molecule has 4 rings (SSSR count). The molecular weight excluding hydrogens is 607 g/mol. The highest BCUT2D eigenvalue weighted by atomic mass is 33.1. The number of nitrogens with two attached hydrogens (primary N) is 1. The number of phenolic OH excluding ortho intramolecular Hbond substituents is 1. The van der Waals surface area contributed by atoms with Crippen molar-refractivity contribution in [1.82, 2.24) is 9.80 Å². The van der Waals surface area contributed by atoms with E-state index < -0.39 is 24.1 Å².